The summed E-state index contributed by atoms with van der Waals surface area (Å²) in [5, 5.41) is 0. The van der Waals surface area contributed by atoms with Crippen LogP contribution in [0.2, 0.25) is 0 Å². The minimum absolute atomic E-state index is 0. The molecule has 7 heteroatoms. The average Bonchev–Trinajstić information content (AvgIpc) is 3.43. The Balaban J connectivity index is 0.00000240. The zero-order chi connectivity index (χ0) is 19.5. The van der Waals surface area contributed by atoms with Crippen molar-refractivity contribution in [2.24, 2.45) is 11.7 Å². The Kier molecular flexibility index (Phi) is 6.98. The first kappa shape index (κ1) is 21.4. The predicted molar refractivity (Wildman–Crippen MR) is 113 cm³/mol. The molecule has 1 aromatic heterocycles. The number of carbonyl (C=O) groups excluding carboxylic acids is 2. The van der Waals surface area contributed by atoms with Gasteiger partial charge in [-0.15, -0.1) is 12.4 Å². The molecule has 0 spiro atoms. The first-order valence-electron chi connectivity index (χ1n) is 10.1. The Morgan fingerprint density at radius 2 is 1.86 bits per heavy atom. The van der Waals surface area contributed by atoms with Crippen molar-refractivity contribution in [3.8, 4) is 0 Å². The number of nitrogens with two attached hydrogens (primary N) is 1. The molecule has 2 fully saturated rings. The van der Waals surface area contributed by atoms with Crippen LogP contribution < -0.4 is 5.73 Å². The fourth-order valence-corrected chi connectivity index (χ4v) is 4.55. The van der Waals surface area contributed by atoms with E-state index in [-0.39, 0.29) is 36.1 Å². The summed E-state index contributed by atoms with van der Waals surface area (Å²) in [6.07, 6.45) is 4.05. The van der Waals surface area contributed by atoms with Gasteiger partial charge in [0.1, 0.15) is 6.04 Å². The van der Waals surface area contributed by atoms with Crippen LogP contribution >= 0.6 is 12.4 Å². The van der Waals surface area contributed by atoms with Crippen molar-refractivity contribution in [1.82, 2.24) is 9.80 Å². The maximum absolute atomic E-state index is 13.4. The number of benzene rings is 1. The van der Waals surface area contributed by atoms with Crippen LogP contribution in [0.4, 0.5) is 0 Å². The molecule has 29 heavy (non-hydrogen) atoms. The van der Waals surface area contributed by atoms with Gasteiger partial charge < -0.3 is 20.0 Å². The lowest BCUT2D eigenvalue weighted by atomic mass is 9.89. The lowest BCUT2D eigenvalue weighted by Gasteiger charge is -2.36. The van der Waals surface area contributed by atoms with Crippen molar-refractivity contribution in [2.45, 2.75) is 31.2 Å². The Bertz CT molecular complexity index is 812. The molecule has 3 heterocycles. The summed E-state index contributed by atoms with van der Waals surface area (Å²) in [5.74, 6) is 0.619. The molecule has 0 saturated carbocycles. The Morgan fingerprint density at radius 1 is 1.07 bits per heavy atom. The van der Waals surface area contributed by atoms with Crippen molar-refractivity contribution in [3.05, 3.63) is 60.1 Å². The topological polar surface area (TPSA) is 79.8 Å². The summed E-state index contributed by atoms with van der Waals surface area (Å²) in [6.45, 7) is 2.44. The third-order valence-corrected chi connectivity index (χ3v) is 6.06. The standard InChI is InChI=1S/C22H27N3O3.ClH/c23-13-17-14-24(15-18(17)16-7-2-1-3-8-16)21(26)19-9-4-5-11-25(19)22(27)20-10-6-12-28-20;/h1-3,6-8,10,12,17-19H,4-5,9,11,13-15,23H2;1H/t17-,18+,19?;/m1./s1. The van der Waals surface area contributed by atoms with Crippen molar-refractivity contribution >= 4 is 24.2 Å². The number of hydrogen-bond donors (Lipinski definition) is 1. The van der Waals surface area contributed by atoms with E-state index in [1.54, 1.807) is 17.0 Å². The van der Waals surface area contributed by atoms with Crippen molar-refractivity contribution < 1.29 is 14.0 Å². The van der Waals surface area contributed by atoms with Gasteiger partial charge in [0.05, 0.1) is 6.26 Å². The van der Waals surface area contributed by atoms with Gasteiger partial charge in [-0.3, -0.25) is 9.59 Å². The molecule has 2 aliphatic heterocycles. The summed E-state index contributed by atoms with van der Waals surface area (Å²) in [5.41, 5.74) is 7.25. The van der Waals surface area contributed by atoms with Crippen molar-refractivity contribution in [1.29, 1.82) is 0 Å². The number of piperidine rings is 1. The molecule has 2 aromatic rings. The van der Waals surface area contributed by atoms with Gasteiger partial charge in [0.25, 0.3) is 5.91 Å². The molecule has 0 radical (unpaired) electrons. The number of hydrogen-bond acceptors (Lipinski definition) is 4. The normalized spacial score (nSPS) is 24.2. The van der Waals surface area contributed by atoms with Crippen LogP contribution in [-0.2, 0) is 4.79 Å². The SMILES string of the molecule is Cl.NC[C@@H]1CN(C(=O)C2CCCCN2C(=O)c2ccco2)C[C@H]1c1ccccc1. The third-order valence-electron chi connectivity index (χ3n) is 6.06. The second-order valence-corrected chi connectivity index (χ2v) is 7.74. The highest BCUT2D eigenvalue weighted by Crippen LogP contribution is 2.33. The molecule has 4 rings (SSSR count). The maximum atomic E-state index is 13.4. The highest BCUT2D eigenvalue weighted by atomic mass is 35.5. The Morgan fingerprint density at radius 3 is 2.55 bits per heavy atom. The maximum Gasteiger partial charge on any atom is 0.290 e. The number of nitrogens with zero attached hydrogens (tertiary/aromatic N) is 2. The van der Waals surface area contributed by atoms with E-state index in [0.29, 0.717) is 38.4 Å². The van der Waals surface area contributed by atoms with E-state index in [9.17, 15) is 9.59 Å². The zero-order valence-electron chi connectivity index (χ0n) is 16.4. The molecule has 0 bridgehead atoms. The molecular formula is C22H28ClN3O3. The fraction of sp³-hybridized carbons (Fsp3) is 0.455. The average molecular weight is 418 g/mol. The number of likely N-dealkylation sites (tertiary alicyclic amines) is 2. The summed E-state index contributed by atoms with van der Waals surface area (Å²) in [4.78, 5) is 29.8. The molecular weight excluding hydrogens is 390 g/mol. The van der Waals surface area contributed by atoms with Crippen LogP contribution in [0, 0.1) is 5.92 Å². The Hall–Kier alpha value is -2.31. The van der Waals surface area contributed by atoms with Crippen LogP contribution in [0.15, 0.2) is 53.1 Å². The van der Waals surface area contributed by atoms with E-state index >= 15 is 0 Å². The molecule has 2 saturated heterocycles. The van der Waals surface area contributed by atoms with Crippen LogP contribution in [-0.4, -0.2) is 53.8 Å². The van der Waals surface area contributed by atoms with E-state index in [4.69, 9.17) is 10.2 Å². The molecule has 2 N–H and O–H groups in total. The predicted octanol–water partition coefficient (Wildman–Crippen LogP) is 2.90. The molecule has 1 unspecified atom stereocenters. The van der Waals surface area contributed by atoms with Crippen molar-refractivity contribution in [2.75, 3.05) is 26.2 Å². The highest BCUT2D eigenvalue weighted by Gasteiger charge is 2.41. The lowest BCUT2D eigenvalue weighted by molar-refractivity contribution is -0.136. The second kappa shape index (κ2) is 9.46. The van der Waals surface area contributed by atoms with E-state index in [2.05, 4.69) is 12.1 Å². The van der Waals surface area contributed by atoms with Gasteiger partial charge in [0, 0.05) is 25.6 Å². The molecule has 2 amide bonds. The van der Waals surface area contributed by atoms with Crippen molar-refractivity contribution in [3.63, 3.8) is 0 Å². The fourth-order valence-electron chi connectivity index (χ4n) is 4.55. The molecule has 2 aliphatic rings. The molecule has 156 valence electrons. The largest absolute Gasteiger partial charge is 0.459 e. The molecule has 0 aliphatic carbocycles. The second-order valence-electron chi connectivity index (χ2n) is 7.74. The van der Waals surface area contributed by atoms with Gasteiger partial charge in [-0.2, -0.15) is 0 Å². The van der Waals surface area contributed by atoms with Gasteiger partial charge in [-0.25, -0.2) is 0 Å². The summed E-state index contributed by atoms with van der Waals surface area (Å²) >= 11 is 0. The molecule has 3 atom stereocenters. The number of amides is 2. The van der Waals surface area contributed by atoms with Crippen LogP contribution in [0.3, 0.4) is 0 Å². The Labute approximate surface area is 177 Å². The molecule has 6 nitrogen and oxygen atoms in total. The van der Waals surface area contributed by atoms with E-state index in [0.717, 1.165) is 12.8 Å². The first-order chi connectivity index (χ1) is 13.7. The highest BCUT2D eigenvalue weighted by molar-refractivity contribution is 5.95. The third kappa shape index (κ3) is 4.33. The van der Waals surface area contributed by atoms with Crippen LogP contribution in [0.5, 0.6) is 0 Å². The smallest absolute Gasteiger partial charge is 0.290 e. The van der Waals surface area contributed by atoms with E-state index < -0.39 is 6.04 Å². The summed E-state index contributed by atoms with van der Waals surface area (Å²) in [7, 11) is 0. The van der Waals surface area contributed by atoms with Gasteiger partial charge in [0.15, 0.2) is 5.76 Å². The number of halogens is 1. The van der Waals surface area contributed by atoms with E-state index in [1.165, 1.54) is 11.8 Å². The zero-order valence-corrected chi connectivity index (χ0v) is 17.2. The number of furan rings is 1. The van der Waals surface area contributed by atoms with Crippen LogP contribution in [0.25, 0.3) is 0 Å². The van der Waals surface area contributed by atoms with Gasteiger partial charge in [-0.05, 0) is 49.4 Å². The number of carbonyl (C=O) groups is 2. The summed E-state index contributed by atoms with van der Waals surface area (Å²) < 4.78 is 5.28. The minimum atomic E-state index is -0.417. The lowest BCUT2D eigenvalue weighted by Crippen LogP contribution is -2.52. The summed E-state index contributed by atoms with van der Waals surface area (Å²) in [6, 6.07) is 13.2. The van der Waals surface area contributed by atoms with E-state index in [1.807, 2.05) is 23.1 Å². The quantitative estimate of drug-likeness (QED) is 0.829. The van der Waals surface area contributed by atoms with Gasteiger partial charge in [-0.1, -0.05) is 30.3 Å². The van der Waals surface area contributed by atoms with Crippen LogP contribution in [0.1, 0.15) is 41.3 Å². The van der Waals surface area contributed by atoms with Gasteiger partial charge in [0.2, 0.25) is 5.91 Å². The first-order valence-corrected chi connectivity index (χ1v) is 10.1. The molecule has 1 aromatic carbocycles. The van der Waals surface area contributed by atoms with Gasteiger partial charge >= 0.3 is 0 Å². The monoisotopic (exact) mass is 417 g/mol. The number of rotatable bonds is 4. The minimum Gasteiger partial charge on any atom is -0.459 e.